The lowest BCUT2D eigenvalue weighted by molar-refractivity contribution is 0.0913. The number of aliphatic hydroxyl groups is 1. The predicted octanol–water partition coefficient (Wildman–Crippen LogP) is 3.33. The molecule has 1 aromatic heterocycles. The van der Waals surface area contributed by atoms with Crippen LogP contribution in [0.4, 0.5) is 0 Å². The van der Waals surface area contributed by atoms with Crippen molar-refractivity contribution in [2.45, 2.75) is 44.4 Å². The van der Waals surface area contributed by atoms with Crippen LogP contribution < -0.4 is 5.32 Å². The van der Waals surface area contributed by atoms with Gasteiger partial charge in [-0.25, -0.2) is 0 Å². The van der Waals surface area contributed by atoms with Crippen molar-refractivity contribution in [1.82, 2.24) is 10.5 Å². The Labute approximate surface area is 146 Å². The van der Waals surface area contributed by atoms with Crippen molar-refractivity contribution in [2.24, 2.45) is 5.92 Å². The fourth-order valence-electron chi connectivity index (χ4n) is 2.22. The molecule has 0 radical (unpaired) electrons. The summed E-state index contributed by atoms with van der Waals surface area (Å²) in [5, 5.41) is 16.1. The summed E-state index contributed by atoms with van der Waals surface area (Å²) in [6, 6.07) is 7.45. The first-order valence-electron chi connectivity index (χ1n) is 7.99. The van der Waals surface area contributed by atoms with Crippen molar-refractivity contribution >= 4 is 17.7 Å². The van der Waals surface area contributed by atoms with Crippen LogP contribution in [0.15, 0.2) is 33.7 Å². The number of nitrogens with one attached hydrogen (secondary N) is 1. The summed E-state index contributed by atoms with van der Waals surface area (Å²) in [4.78, 5) is 13.5. The number of nitrogens with zero attached hydrogens (tertiary/aromatic N) is 1. The number of rotatable bonds is 7. The number of benzene rings is 1. The van der Waals surface area contributed by atoms with E-state index in [2.05, 4.69) is 10.5 Å². The van der Waals surface area contributed by atoms with Gasteiger partial charge >= 0.3 is 0 Å². The lowest BCUT2D eigenvalue weighted by atomic mass is 10.0. The molecule has 0 spiro atoms. The zero-order valence-electron chi connectivity index (χ0n) is 14.5. The summed E-state index contributed by atoms with van der Waals surface area (Å²) in [6.45, 7) is 7.67. The highest BCUT2D eigenvalue weighted by atomic mass is 32.2. The van der Waals surface area contributed by atoms with Crippen molar-refractivity contribution in [3.63, 3.8) is 0 Å². The van der Waals surface area contributed by atoms with Gasteiger partial charge in [-0.05, 0) is 38.8 Å². The predicted molar refractivity (Wildman–Crippen MR) is 95.2 cm³/mol. The second kappa shape index (κ2) is 8.35. The van der Waals surface area contributed by atoms with Gasteiger partial charge in [-0.15, -0.1) is 11.8 Å². The van der Waals surface area contributed by atoms with E-state index in [9.17, 15) is 9.90 Å². The molecular weight excluding hydrogens is 324 g/mol. The lowest BCUT2D eigenvalue weighted by Gasteiger charge is -2.20. The highest BCUT2D eigenvalue weighted by Crippen LogP contribution is 2.28. The van der Waals surface area contributed by atoms with Gasteiger partial charge in [0.05, 0.1) is 11.3 Å². The SMILES string of the molecule is Cc1noc(C)c1CSc1ccccc1C(=O)NC(C)C(C)CO. The van der Waals surface area contributed by atoms with Gasteiger partial charge < -0.3 is 14.9 Å². The number of thioether (sulfide) groups is 1. The van der Waals surface area contributed by atoms with Crippen molar-refractivity contribution < 1.29 is 14.4 Å². The first-order valence-corrected chi connectivity index (χ1v) is 8.97. The molecule has 0 saturated heterocycles. The molecule has 0 aliphatic heterocycles. The van der Waals surface area contributed by atoms with Gasteiger partial charge in [0.2, 0.25) is 0 Å². The summed E-state index contributed by atoms with van der Waals surface area (Å²) in [5.41, 5.74) is 2.59. The van der Waals surface area contributed by atoms with Gasteiger partial charge in [-0.3, -0.25) is 4.79 Å². The van der Waals surface area contributed by atoms with Gasteiger partial charge in [0.25, 0.3) is 5.91 Å². The Hall–Kier alpha value is -1.79. The fourth-order valence-corrected chi connectivity index (χ4v) is 3.43. The van der Waals surface area contributed by atoms with Crippen LogP contribution in [0.2, 0.25) is 0 Å². The maximum absolute atomic E-state index is 12.6. The van der Waals surface area contributed by atoms with Crippen molar-refractivity contribution in [2.75, 3.05) is 6.61 Å². The molecule has 0 saturated carbocycles. The maximum atomic E-state index is 12.6. The first kappa shape index (κ1) is 18.5. The Bertz CT molecular complexity index is 680. The third-order valence-corrected chi connectivity index (χ3v) is 5.29. The zero-order valence-corrected chi connectivity index (χ0v) is 15.3. The molecule has 5 nitrogen and oxygen atoms in total. The molecular formula is C18H24N2O3S. The second-order valence-electron chi connectivity index (χ2n) is 6.01. The fraction of sp³-hybridized carbons (Fsp3) is 0.444. The quantitative estimate of drug-likeness (QED) is 0.751. The van der Waals surface area contributed by atoms with E-state index in [-0.39, 0.29) is 24.5 Å². The first-order chi connectivity index (χ1) is 11.4. The van der Waals surface area contributed by atoms with Gasteiger partial charge in [0, 0.05) is 28.9 Å². The number of aliphatic hydroxyl groups excluding tert-OH is 1. The van der Waals surface area contributed by atoms with Crippen LogP contribution in [0.3, 0.4) is 0 Å². The molecule has 0 bridgehead atoms. The van der Waals surface area contributed by atoms with Crippen molar-refractivity contribution in [1.29, 1.82) is 0 Å². The highest BCUT2D eigenvalue weighted by Gasteiger charge is 2.18. The number of amides is 1. The molecule has 0 fully saturated rings. The summed E-state index contributed by atoms with van der Waals surface area (Å²) in [6.07, 6.45) is 0. The topological polar surface area (TPSA) is 75.4 Å². The highest BCUT2D eigenvalue weighted by molar-refractivity contribution is 7.98. The van der Waals surface area contributed by atoms with Crippen LogP contribution in [0.1, 0.15) is 41.2 Å². The molecule has 1 amide bonds. The standard InChI is InChI=1S/C18H24N2O3S/c1-11(9-21)12(2)19-18(22)15-7-5-6-8-17(15)24-10-16-13(3)20-23-14(16)4/h5-8,11-12,21H,9-10H2,1-4H3,(H,19,22). The number of carbonyl (C=O) groups is 1. The Morgan fingerprint density at radius 2 is 2.04 bits per heavy atom. The summed E-state index contributed by atoms with van der Waals surface area (Å²) in [5.74, 6) is 1.40. The number of aromatic nitrogens is 1. The summed E-state index contributed by atoms with van der Waals surface area (Å²) < 4.78 is 5.19. The molecule has 2 rings (SSSR count). The monoisotopic (exact) mass is 348 g/mol. The van der Waals surface area contributed by atoms with E-state index < -0.39 is 0 Å². The number of hydrogen-bond acceptors (Lipinski definition) is 5. The minimum absolute atomic E-state index is 0.0102. The van der Waals surface area contributed by atoms with Crippen LogP contribution in [-0.2, 0) is 5.75 Å². The molecule has 24 heavy (non-hydrogen) atoms. The Morgan fingerprint density at radius 1 is 1.33 bits per heavy atom. The van der Waals surface area contributed by atoms with Gasteiger partial charge in [-0.2, -0.15) is 0 Å². The molecule has 6 heteroatoms. The molecule has 0 aliphatic rings. The Balaban J connectivity index is 2.11. The van der Waals surface area contributed by atoms with E-state index in [4.69, 9.17) is 4.52 Å². The summed E-state index contributed by atoms with van der Waals surface area (Å²) in [7, 11) is 0. The average molecular weight is 348 g/mol. The Kier molecular flexibility index (Phi) is 6.45. The van der Waals surface area contributed by atoms with Crippen LogP contribution in [0.25, 0.3) is 0 Å². The number of aryl methyl sites for hydroxylation is 2. The molecule has 2 N–H and O–H groups in total. The molecule has 2 unspecified atom stereocenters. The van der Waals surface area contributed by atoms with Crippen LogP contribution in [-0.4, -0.2) is 28.8 Å². The van der Waals surface area contributed by atoms with E-state index in [1.54, 1.807) is 11.8 Å². The third kappa shape index (κ3) is 4.39. The van der Waals surface area contributed by atoms with E-state index >= 15 is 0 Å². The van der Waals surface area contributed by atoms with E-state index in [1.165, 1.54) is 0 Å². The molecule has 2 atom stereocenters. The van der Waals surface area contributed by atoms with E-state index in [1.807, 2.05) is 52.0 Å². The van der Waals surface area contributed by atoms with Crippen LogP contribution in [0, 0.1) is 19.8 Å². The normalized spacial score (nSPS) is 13.5. The van der Waals surface area contributed by atoms with Crippen molar-refractivity contribution in [3.8, 4) is 0 Å². The molecule has 0 aliphatic carbocycles. The van der Waals surface area contributed by atoms with Crippen LogP contribution in [0.5, 0.6) is 0 Å². The maximum Gasteiger partial charge on any atom is 0.252 e. The molecule has 2 aromatic rings. The average Bonchev–Trinajstić information content (AvgIpc) is 2.90. The number of hydrogen-bond donors (Lipinski definition) is 2. The second-order valence-corrected chi connectivity index (χ2v) is 7.03. The van der Waals surface area contributed by atoms with Gasteiger partial charge in [0.15, 0.2) is 0 Å². The molecule has 130 valence electrons. The van der Waals surface area contributed by atoms with Crippen LogP contribution >= 0.6 is 11.8 Å². The molecule has 1 heterocycles. The number of carbonyl (C=O) groups excluding carboxylic acids is 1. The minimum Gasteiger partial charge on any atom is -0.396 e. The van der Waals surface area contributed by atoms with Crippen molar-refractivity contribution in [3.05, 3.63) is 46.8 Å². The van der Waals surface area contributed by atoms with E-state index in [0.717, 1.165) is 21.9 Å². The van der Waals surface area contributed by atoms with Gasteiger partial charge in [-0.1, -0.05) is 24.2 Å². The molecule has 1 aromatic carbocycles. The zero-order chi connectivity index (χ0) is 17.7. The Morgan fingerprint density at radius 3 is 2.67 bits per heavy atom. The minimum atomic E-state index is -0.121. The largest absolute Gasteiger partial charge is 0.396 e. The smallest absolute Gasteiger partial charge is 0.252 e. The van der Waals surface area contributed by atoms with Gasteiger partial charge in [0.1, 0.15) is 5.76 Å². The third-order valence-electron chi connectivity index (χ3n) is 4.19. The lowest BCUT2D eigenvalue weighted by Crippen LogP contribution is -2.38. The van der Waals surface area contributed by atoms with E-state index in [0.29, 0.717) is 11.3 Å². The summed E-state index contributed by atoms with van der Waals surface area (Å²) >= 11 is 1.59.